The van der Waals surface area contributed by atoms with Gasteiger partial charge in [0.25, 0.3) is 5.56 Å². The molecule has 0 amide bonds. The zero-order chi connectivity index (χ0) is 27.7. The SMILES string of the molecule is COCc1nn(Cc2ccc(Cn3ccccc3=O)cc2)cc1C(=O)O.COc1ccc(Br)c(CN)c1F. The van der Waals surface area contributed by atoms with E-state index >= 15 is 0 Å². The lowest BCUT2D eigenvalue weighted by atomic mass is 10.1. The van der Waals surface area contributed by atoms with E-state index in [1.165, 1.54) is 26.5 Å². The lowest BCUT2D eigenvalue weighted by Crippen LogP contribution is -2.18. The van der Waals surface area contributed by atoms with Crippen molar-refractivity contribution in [3.8, 4) is 5.75 Å². The molecule has 0 atom stereocenters. The van der Waals surface area contributed by atoms with E-state index in [-0.39, 0.29) is 30.0 Å². The minimum atomic E-state index is -1.02. The van der Waals surface area contributed by atoms with Crippen LogP contribution in [0.25, 0.3) is 0 Å². The first-order valence-electron chi connectivity index (χ1n) is 11.5. The Kier molecular flexibility index (Phi) is 10.3. The molecule has 0 radical (unpaired) electrons. The van der Waals surface area contributed by atoms with Crippen LogP contribution >= 0.6 is 15.9 Å². The first-order chi connectivity index (χ1) is 18.3. The lowest BCUT2D eigenvalue weighted by molar-refractivity contribution is 0.0691. The molecule has 3 N–H and O–H groups in total. The molecule has 2 aromatic heterocycles. The van der Waals surface area contributed by atoms with Gasteiger partial charge in [-0.05, 0) is 29.3 Å². The molecule has 0 saturated heterocycles. The van der Waals surface area contributed by atoms with Gasteiger partial charge in [-0.25, -0.2) is 9.18 Å². The van der Waals surface area contributed by atoms with Crippen LogP contribution in [-0.4, -0.2) is 39.6 Å². The normalized spacial score (nSPS) is 10.6. The van der Waals surface area contributed by atoms with Crippen LogP contribution in [0.5, 0.6) is 5.75 Å². The van der Waals surface area contributed by atoms with Crippen molar-refractivity contribution in [3.05, 3.63) is 116 Å². The van der Waals surface area contributed by atoms with E-state index in [1.807, 2.05) is 30.3 Å². The van der Waals surface area contributed by atoms with E-state index in [4.69, 9.17) is 15.2 Å². The predicted molar refractivity (Wildman–Crippen MR) is 144 cm³/mol. The second-order valence-corrected chi connectivity index (χ2v) is 9.01. The molecule has 4 aromatic rings. The van der Waals surface area contributed by atoms with E-state index < -0.39 is 11.8 Å². The molecule has 9 nitrogen and oxygen atoms in total. The molecule has 11 heteroatoms. The van der Waals surface area contributed by atoms with Crippen molar-refractivity contribution in [3.63, 3.8) is 0 Å². The Hall–Kier alpha value is -3.80. The van der Waals surface area contributed by atoms with Gasteiger partial charge in [0.05, 0.1) is 26.8 Å². The topological polar surface area (TPSA) is 122 Å². The molecule has 2 heterocycles. The summed E-state index contributed by atoms with van der Waals surface area (Å²) < 4.78 is 27.0. The Balaban J connectivity index is 0.000000279. The fourth-order valence-corrected chi connectivity index (χ4v) is 4.08. The van der Waals surface area contributed by atoms with Crippen molar-refractivity contribution in [2.45, 2.75) is 26.2 Å². The summed E-state index contributed by atoms with van der Waals surface area (Å²) in [6.45, 7) is 1.27. The smallest absolute Gasteiger partial charge is 0.339 e. The molecule has 2 aromatic carbocycles. The van der Waals surface area contributed by atoms with Crippen molar-refractivity contribution in [1.82, 2.24) is 14.3 Å². The third-order valence-corrected chi connectivity index (χ3v) is 6.29. The molecule has 0 unspecified atom stereocenters. The van der Waals surface area contributed by atoms with Gasteiger partial charge in [-0.1, -0.05) is 46.3 Å². The zero-order valence-electron chi connectivity index (χ0n) is 20.9. The first-order valence-corrected chi connectivity index (χ1v) is 12.3. The summed E-state index contributed by atoms with van der Waals surface area (Å²) in [5, 5.41) is 13.5. The van der Waals surface area contributed by atoms with Crippen molar-refractivity contribution >= 4 is 21.9 Å². The van der Waals surface area contributed by atoms with Gasteiger partial charge in [-0.15, -0.1) is 0 Å². The number of carboxylic acids is 1. The van der Waals surface area contributed by atoms with Crippen molar-refractivity contribution in [2.75, 3.05) is 14.2 Å². The first kappa shape index (κ1) is 28.8. The fourth-order valence-electron chi connectivity index (χ4n) is 3.61. The highest BCUT2D eigenvalue weighted by Gasteiger charge is 2.15. The lowest BCUT2D eigenvalue weighted by Gasteiger charge is -2.07. The molecule has 200 valence electrons. The molecular weight excluding hydrogens is 559 g/mol. The summed E-state index contributed by atoms with van der Waals surface area (Å²) in [7, 11) is 2.92. The Morgan fingerprint density at radius 3 is 2.34 bits per heavy atom. The number of nitrogens with zero attached hydrogens (tertiary/aromatic N) is 3. The van der Waals surface area contributed by atoms with Crippen LogP contribution in [0, 0.1) is 5.82 Å². The summed E-state index contributed by atoms with van der Waals surface area (Å²) in [5.41, 5.74) is 8.29. The quantitative estimate of drug-likeness (QED) is 0.303. The van der Waals surface area contributed by atoms with E-state index in [1.54, 1.807) is 33.6 Å². The summed E-state index contributed by atoms with van der Waals surface area (Å²) in [6.07, 6.45) is 3.26. The number of aromatic nitrogens is 3. The molecule has 38 heavy (non-hydrogen) atoms. The second kappa shape index (κ2) is 13.7. The van der Waals surface area contributed by atoms with Crippen LogP contribution in [0.2, 0.25) is 0 Å². The van der Waals surface area contributed by atoms with Gasteiger partial charge in [0.15, 0.2) is 11.6 Å². The van der Waals surface area contributed by atoms with Crippen molar-refractivity contribution < 1.29 is 23.8 Å². The minimum Gasteiger partial charge on any atom is -0.494 e. The average molecular weight is 587 g/mol. The zero-order valence-corrected chi connectivity index (χ0v) is 22.5. The van der Waals surface area contributed by atoms with Crippen LogP contribution in [0.3, 0.4) is 0 Å². The molecular formula is C27H28BrFN4O5. The summed E-state index contributed by atoms with van der Waals surface area (Å²) in [6, 6.07) is 16.1. The predicted octanol–water partition coefficient (Wildman–Crippen LogP) is 4.04. The molecule has 0 bridgehead atoms. The van der Waals surface area contributed by atoms with Gasteiger partial charge in [0.2, 0.25) is 0 Å². The number of hydrogen-bond acceptors (Lipinski definition) is 6. The number of halogens is 2. The van der Waals surface area contributed by atoms with Gasteiger partial charge >= 0.3 is 5.97 Å². The summed E-state index contributed by atoms with van der Waals surface area (Å²) in [4.78, 5) is 23.0. The average Bonchev–Trinajstić information content (AvgIpc) is 3.30. The second-order valence-electron chi connectivity index (χ2n) is 8.15. The number of hydrogen-bond donors (Lipinski definition) is 2. The van der Waals surface area contributed by atoms with E-state index in [0.717, 1.165) is 11.1 Å². The number of carboxylic acid groups (broad SMARTS) is 1. The third kappa shape index (κ3) is 7.37. The van der Waals surface area contributed by atoms with Crippen molar-refractivity contribution in [2.24, 2.45) is 5.73 Å². The van der Waals surface area contributed by atoms with E-state index in [2.05, 4.69) is 21.0 Å². The van der Waals surface area contributed by atoms with Gasteiger partial charge in [-0.2, -0.15) is 5.10 Å². The Morgan fingerprint density at radius 2 is 1.76 bits per heavy atom. The van der Waals surface area contributed by atoms with Gasteiger partial charge in [0, 0.05) is 42.2 Å². The number of pyridine rings is 1. The molecule has 0 aliphatic carbocycles. The Morgan fingerprint density at radius 1 is 1.08 bits per heavy atom. The molecule has 0 aliphatic rings. The van der Waals surface area contributed by atoms with Gasteiger partial charge < -0.3 is 24.9 Å². The standard InChI is InChI=1S/C19H19N3O4.C8H9BrFNO/c1-26-13-17-16(19(24)25)12-22(20-17)11-15-7-5-14(6-8-15)10-21-9-3-2-4-18(21)23;1-12-7-3-2-6(9)5(4-11)8(7)10/h2-9,12H,10-11,13H2,1H3,(H,24,25);2-3H,4,11H2,1H3. The Bertz CT molecular complexity index is 1440. The highest BCUT2D eigenvalue weighted by atomic mass is 79.9. The van der Waals surface area contributed by atoms with Crippen LogP contribution < -0.4 is 16.0 Å². The molecule has 0 fully saturated rings. The number of carbonyl (C=O) groups is 1. The molecule has 0 saturated carbocycles. The van der Waals surface area contributed by atoms with E-state index in [9.17, 15) is 19.1 Å². The highest BCUT2D eigenvalue weighted by Crippen LogP contribution is 2.26. The maximum atomic E-state index is 13.3. The molecule has 0 spiro atoms. The van der Waals surface area contributed by atoms with Crippen LogP contribution in [-0.2, 0) is 31.0 Å². The van der Waals surface area contributed by atoms with E-state index in [0.29, 0.717) is 28.8 Å². The highest BCUT2D eigenvalue weighted by molar-refractivity contribution is 9.10. The largest absolute Gasteiger partial charge is 0.494 e. The minimum absolute atomic E-state index is 0.0417. The molecule has 4 rings (SSSR count). The number of rotatable bonds is 9. The van der Waals surface area contributed by atoms with Gasteiger partial charge in [-0.3, -0.25) is 9.48 Å². The maximum absolute atomic E-state index is 13.3. The fraction of sp³-hybridized carbons (Fsp3) is 0.222. The van der Waals surface area contributed by atoms with Gasteiger partial charge in [0.1, 0.15) is 11.3 Å². The monoisotopic (exact) mass is 586 g/mol. The van der Waals surface area contributed by atoms with Crippen molar-refractivity contribution in [1.29, 1.82) is 0 Å². The number of benzene rings is 2. The van der Waals surface area contributed by atoms with Crippen LogP contribution in [0.15, 0.2) is 76.3 Å². The number of methoxy groups -OCH3 is 2. The number of aromatic carboxylic acids is 1. The Labute approximate surface area is 227 Å². The molecule has 0 aliphatic heterocycles. The summed E-state index contributed by atoms with van der Waals surface area (Å²) >= 11 is 3.20. The maximum Gasteiger partial charge on any atom is 0.339 e. The summed E-state index contributed by atoms with van der Waals surface area (Å²) in [5.74, 6) is -1.19. The third-order valence-electron chi connectivity index (χ3n) is 5.54. The van der Waals surface area contributed by atoms with Crippen LogP contribution in [0.1, 0.15) is 32.7 Å². The number of nitrogens with two attached hydrogens (primary N) is 1. The van der Waals surface area contributed by atoms with Crippen LogP contribution in [0.4, 0.5) is 4.39 Å². The number of ether oxygens (including phenoxy) is 2.